The van der Waals surface area contributed by atoms with Crippen LogP contribution >= 0.6 is 0 Å². The van der Waals surface area contributed by atoms with Crippen molar-refractivity contribution in [3.8, 4) is 11.5 Å². The number of rotatable bonds is 3. The minimum atomic E-state index is -0.311. The zero-order chi connectivity index (χ0) is 18.9. The van der Waals surface area contributed by atoms with Crippen molar-refractivity contribution >= 4 is 11.6 Å². The normalized spacial score (nSPS) is 20.4. The molecule has 1 amide bonds. The lowest BCUT2D eigenvalue weighted by atomic mass is 9.77. The summed E-state index contributed by atoms with van der Waals surface area (Å²) in [7, 11) is 0. The van der Waals surface area contributed by atoms with Crippen molar-refractivity contribution in [3.05, 3.63) is 102 Å². The van der Waals surface area contributed by atoms with Gasteiger partial charge in [0, 0.05) is 11.6 Å². The van der Waals surface area contributed by atoms with E-state index >= 15 is 0 Å². The molecular weight excluding hydrogens is 350 g/mol. The number of amides is 1. The van der Waals surface area contributed by atoms with E-state index in [4.69, 9.17) is 9.47 Å². The highest BCUT2D eigenvalue weighted by Crippen LogP contribution is 2.42. The first-order valence-electron chi connectivity index (χ1n) is 9.32. The summed E-state index contributed by atoms with van der Waals surface area (Å²) in [5.41, 5.74) is 3.85. The molecule has 2 heterocycles. The summed E-state index contributed by atoms with van der Waals surface area (Å²) in [5.74, 6) is 1.04. The third kappa shape index (κ3) is 2.93. The fraction of sp³-hybridized carbons (Fsp3) is 0.125. The Morgan fingerprint density at radius 2 is 1.50 bits per heavy atom. The molecule has 0 fully saturated rings. The highest BCUT2D eigenvalue weighted by Gasteiger charge is 2.35. The first kappa shape index (κ1) is 16.6. The van der Waals surface area contributed by atoms with Gasteiger partial charge in [0.2, 0.25) is 12.7 Å². The van der Waals surface area contributed by atoms with Crippen LogP contribution in [-0.4, -0.2) is 12.7 Å². The largest absolute Gasteiger partial charge is 0.454 e. The molecule has 0 aromatic heterocycles. The molecule has 2 aliphatic rings. The minimum Gasteiger partial charge on any atom is -0.454 e. The Morgan fingerprint density at radius 1 is 0.786 bits per heavy atom. The third-order valence-corrected chi connectivity index (χ3v) is 5.27. The Balaban J connectivity index is 1.63. The van der Waals surface area contributed by atoms with Crippen molar-refractivity contribution in [1.82, 2.24) is 5.32 Å². The van der Waals surface area contributed by atoms with E-state index in [0.29, 0.717) is 0 Å². The number of nitrogens with one attached hydrogen (secondary N) is 1. The van der Waals surface area contributed by atoms with E-state index in [0.717, 1.165) is 33.9 Å². The van der Waals surface area contributed by atoms with Gasteiger partial charge in [0.05, 0.1) is 5.92 Å². The minimum absolute atomic E-state index is 0.00443. The van der Waals surface area contributed by atoms with E-state index in [1.165, 1.54) is 0 Å². The molecule has 3 aromatic rings. The van der Waals surface area contributed by atoms with Gasteiger partial charge < -0.3 is 14.8 Å². The first-order valence-corrected chi connectivity index (χ1v) is 9.32. The van der Waals surface area contributed by atoms with Crippen LogP contribution in [0.4, 0.5) is 0 Å². The summed E-state index contributed by atoms with van der Waals surface area (Å²) in [6.07, 6.45) is 2.14. The van der Waals surface area contributed by atoms with Gasteiger partial charge in [0.25, 0.3) is 0 Å². The van der Waals surface area contributed by atoms with Crippen LogP contribution in [0.1, 0.15) is 28.5 Å². The number of benzene rings is 3. The van der Waals surface area contributed by atoms with Crippen molar-refractivity contribution in [2.24, 2.45) is 0 Å². The van der Waals surface area contributed by atoms with Gasteiger partial charge in [-0.3, -0.25) is 4.79 Å². The number of hydrogen-bond donors (Lipinski definition) is 1. The maximum atomic E-state index is 13.2. The number of carbonyl (C=O) groups is 1. The van der Waals surface area contributed by atoms with Crippen LogP contribution in [0.5, 0.6) is 11.5 Å². The smallest absolute Gasteiger partial charge is 0.232 e. The molecule has 3 aromatic carbocycles. The maximum absolute atomic E-state index is 13.2. The molecule has 0 saturated heterocycles. The van der Waals surface area contributed by atoms with E-state index in [-0.39, 0.29) is 24.5 Å². The third-order valence-electron chi connectivity index (χ3n) is 5.27. The van der Waals surface area contributed by atoms with E-state index in [1.807, 2.05) is 78.9 Å². The predicted octanol–water partition coefficient (Wildman–Crippen LogP) is 4.45. The standard InChI is InChI=1S/C24H19NO3/c26-24-23(17-9-5-2-6-10-17)19(14-20(25-24)16-7-3-1-4-8-16)18-11-12-21-22(13-18)28-15-27-21/h1-14,19,23H,15H2,(H,25,26). The van der Waals surface area contributed by atoms with Crippen LogP contribution < -0.4 is 14.8 Å². The first-order chi connectivity index (χ1) is 13.8. The van der Waals surface area contributed by atoms with E-state index in [9.17, 15) is 4.79 Å². The topological polar surface area (TPSA) is 47.6 Å². The summed E-state index contributed by atoms with van der Waals surface area (Å²) in [6.45, 7) is 0.233. The summed E-state index contributed by atoms with van der Waals surface area (Å²) >= 11 is 0. The lowest BCUT2D eigenvalue weighted by molar-refractivity contribution is -0.122. The molecule has 0 spiro atoms. The molecule has 2 aliphatic heterocycles. The molecule has 0 aliphatic carbocycles. The number of fused-ring (bicyclic) bond motifs is 1. The molecule has 28 heavy (non-hydrogen) atoms. The molecule has 0 radical (unpaired) electrons. The molecule has 5 rings (SSSR count). The van der Waals surface area contributed by atoms with Crippen molar-refractivity contribution in [1.29, 1.82) is 0 Å². The Hall–Kier alpha value is -3.53. The molecule has 4 nitrogen and oxygen atoms in total. The van der Waals surface area contributed by atoms with Gasteiger partial charge in [-0.1, -0.05) is 72.8 Å². The number of allylic oxidation sites excluding steroid dienone is 1. The Bertz CT molecular complexity index is 1040. The van der Waals surface area contributed by atoms with Gasteiger partial charge >= 0.3 is 0 Å². The summed E-state index contributed by atoms with van der Waals surface area (Å²) in [6, 6.07) is 25.8. The molecule has 2 unspecified atom stereocenters. The predicted molar refractivity (Wildman–Crippen MR) is 107 cm³/mol. The van der Waals surface area contributed by atoms with E-state index in [2.05, 4.69) is 11.4 Å². The SMILES string of the molecule is O=C1NC(c2ccccc2)=CC(c2ccc3c(c2)OCO3)C1c1ccccc1. The zero-order valence-corrected chi connectivity index (χ0v) is 15.2. The average Bonchev–Trinajstić information content (AvgIpc) is 3.22. The molecular formula is C24H19NO3. The quantitative estimate of drug-likeness (QED) is 0.742. The maximum Gasteiger partial charge on any atom is 0.232 e. The molecule has 2 atom stereocenters. The Labute approximate surface area is 163 Å². The lowest BCUT2D eigenvalue weighted by Crippen LogP contribution is -2.35. The highest BCUT2D eigenvalue weighted by atomic mass is 16.7. The van der Waals surface area contributed by atoms with Gasteiger partial charge in [-0.2, -0.15) is 0 Å². The lowest BCUT2D eigenvalue weighted by Gasteiger charge is -2.31. The fourth-order valence-electron chi connectivity index (χ4n) is 3.91. The van der Waals surface area contributed by atoms with Crippen molar-refractivity contribution in [3.63, 3.8) is 0 Å². The zero-order valence-electron chi connectivity index (χ0n) is 15.2. The molecule has 1 N–H and O–H groups in total. The molecule has 0 saturated carbocycles. The van der Waals surface area contributed by atoms with Gasteiger partial charge in [-0.25, -0.2) is 0 Å². The van der Waals surface area contributed by atoms with Gasteiger partial charge in [-0.05, 0) is 28.8 Å². The van der Waals surface area contributed by atoms with Crippen LogP contribution in [0.25, 0.3) is 5.70 Å². The average molecular weight is 369 g/mol. The Kier molecular flexibility index (Phi) is 4.09. The second-order valence-corrected chi connectivity index (χ2v) is 6.96. The van der Waals surface area contributed by atoms with Crippen molar-refractivity contribution in [2.45, 2.75) is 11.8 Å². The molecule has 138 valence electrons. The number of ether oxygens (including phenoxy) is 2. The van der Waals surface area contributed by atoms with Gasteiger partial charge in [-0.15, -0.1) is 0 Å². The summed E-state index contributed by atoms with van der Waals surface area (Å²) in [5, 5.41) is 3.10. The van der Waals surface area contributed by atoms with Gasteiger partial charge in [0.15, 0.2) is 11.5 Å². The van der Waals surface area contributed by atoms with Crippen LogP contribution in [0.3, 0.4) is 0 Å². The van der Waals surface area contributed by atoms with Crippen LogP contribution in [0.2, 0.25) is 0 Å². The van der Waals surface area contributed by atoms with Crippen LogP contribution in [0.15, 0.2) is 84.9 Å². The summed E-state index contributed by atoms with van der Waals surface area (Å²) < 4.78 is 11.0. The van der Waals surface area contributed by atoms with Crippen LogP contribution in [0, 0.1) is 0 Å². The van der Waals surface area contributed by atoms with E-state index in [1.54, 1.807) is 0 Å². The van der Waals surface area contributed by atoms with Crippen LogP contribution in [-0.2, 0) is 4.79 Å². The van der Waals surface area contributed by atoms with Gasteiger partial charge in [0.1, 0.15) is 0 Å². The molecule has 4 heteroatoms. The fourth-order valence-corrected chi connectivity index (χ4v) is 3.91. The Morgan fingerprint density at radius 3 is 2.29 bits per heavy atom. The van der Waals surface area contributed by atoms with Crippen molar-refractivity contribution < 1.29 is 14.3 Å². The highest BCUT2D eigenvalue weighted by molar-refractivity contribution is 5.95. The number of hydrogen-bond acceptors (Lipinski definition) is 3. The van der Waals surface area contributed by atoms with Crippen molar-refractivity contribution in [2.75, 3.05) is 6.79 Å². The van der Waals surface area contributed by atoms with E-state index < -0.39 is 0 Å². The second kappa shape index (κ2) is 6.89. The second-order valence-electron chi connectivity index (χ2n) is 6.96. The number of carbonyl (C=O) groups excluding carboxylic acids is 1. The summed E-state index contributed by atoms with van der Waals surface area (Å²) in [4.78, 5) is 13.2. The monoisotopic (exact) mass is 369 g/mol. The molecule has 0 bridgehead atoms.